The standard InChI is InChI=1S/C29H26S/c1-17-14-20-15-27-18(2)19(3)30-29(27)16-28(20)21(17)12-13-26-24-10-6-4-8-22(24)23-9-5-7-11-25(23)26/h4-11,15-16,26H,12-14H2,1-3H3. The molecule has 1 heterocycles. The lowest BCUT2D eigenvalue weighted by atomic mass is 9.88. The van der Waals surface area contributed by atoms with Crippen LogP contribution in [0.5, 0.6) is 0 Å². The summed E-state index contributed by atoms with van der Waals surface area (Å²) in [5.41, 5.74) is 13.6. The van der Waals surface area contributed by atoms with Gasteiger partial charge in [-0.2, -0.15) is 0 Å². The van der Waals surface area contributed by atoms with E-state index in [2.05, 4.69) is 81.4 Å². The van der Waals surface area contributed by atoms with Crippen molar-refractivity contribution in [3.05, 3.63) is 98.9 Å². The van der Waals surface area contributed by atoms with Gasteiger partial charge in [0.15, 0.2) is 0 Å². The summed E-state index contributed by atoms with van der Waals surface area (Å²) in [5.74, 6) is 0.511. The summed E-state index contributed by atoms with van der Waals surface area (Å²) < 4.78 is 1.45. The number of thiophene rings is 1. The van der Waals surface area contributed by atoms with Gasteiger partial charge in [0.1, 0.15) is 0 Å². The van der Waals surface area contributed by atoms with Gasteiger partial charge in [-0.25, -0.2) is 0 Å². The smallest absolute Gasteiger partial charge is 0.0354 e. The first-order valence-electron chi connectivity index (χ1n) is 11.0. The number of allylic oxidation sites excluding steroid dienone is 2. The quantitative estimate of drug-likeness (QED) is 0.320. The Bertz CT molecular complexity index is 1300. The highest BCUT2D eigenvalue weighted by atomic mass is 32.1. The molecule has 2 aliphatic rings. The van der Waals surface area contributed by atoms with Gasteiger partial charge < -0.3 is 0 Å². The van der Waals surface area contributed by atoms with Crippen LogP contribution in [0, 0.1) is 13.8 Å². The Balaban J connectivity index is 1.36. The van der Waals surface area contributed by atoms with E-state index in [9.17, 15) is 0 Å². The Kier molecular flexibility index (Phi) is 4.05. The van der Waals surface area contributed by atoms with Crippen LogP contribution in [0.2, 0.25) is 0 Å². The van der Waals surface area contributed by atoms with Crippen LogP contribution in [0.15, 0.2) is 66.2 Å². The van der Waals surface area contributed by atoms with E-state index in [-0.39, 0.29) is 0 Å². The first kappa shape index (κ1) is 18.2. The fraction of sp³-hybridized carbons (Fsp3) is 0.241. The molecule has 3 aromatic carbocycles. The van der Waals surface area contributed by atoms with Crippen molar-refractivity contribution in [3.63, 3.8) is 0 Å². The van der Waals surface area contributed by atoms with Crippen LogP contribution in [0.4, 0.5) is 0 Å². The molecular formula is C29H26S. The summed E-state index contributed by atoms with van der Waals surface area (Å²) in [6, 6.07) is 23.0. The number of fused-ring (bicyclic) bond motifs is 5. The Morgan fingerprint density at radius 3 is 2.20 bits per heavy atom. The molecular weight excluding hydrogens is 380 g/mol. The largest absolute Gasteiger partial charge is 0.140 e. The summed E-state index contributed by atoms with van der Waals surface area (Å²) in [6.07, 6.45) is 3.45. The van der Waals surface area contributed by atoms with E-state index in [1.807, 2.05) is 11.3 Å². The Hall–Kier alpha value is -2.64. The predicted molar refractivity (Wildman–Crippen MR) is 131 cm³/mol. The Labute approximate surface area is 182 Å². The first-order valence-corrected chi connectivity index (χ1v) is 11.8. The van der Waals surface area contributed by atoms with E-state index in [1.165, 1.54) is 60.3 Å². The molecule has 6 rings (SSSR count). The van der Waals surface area contributed by atoms with Gasteiger partial charge in [0, 0.05) is 15.5 Å². The van der Waals surface area contributed by atoms with Crippen molar-refractivity contribution in [2.24, 2.45) is 0 Å². The molecule has 0 fully saturated rings. The zero-order chi connectivity index (χ0) is 20.4. The lowest BCUT2D eigenvalue weighted by Crippen LogP contribution is -1.98. The molecule has 1 aromatic heterocycles. The van der Waals surface area contributed by atoms with E-state index in [4.69, 9.17) is 0 Å². The maximum absolute atomic E-state index is 2.48. The van der Waals surface area contributed by atoms with E-state index in [0.29, 0.717) is 5.92 Å². The molecule has 0 nitrogen and oxygen atoms in total. The normalized spacial score (nSPS) is 15.0. The van der Waals surface area contributed by atoms with Gasteiger partial charge in [-0.1, -0.05) is 54.1 Å². The van der Waals surface area contributed by atoms with E-state index in [1.54, 1.807) is 11.1 Å². The molecule has 0 bridgehead atoms. The third kappa shape index (κ3) is 2.58. The maximum Gasteiger partial charge on any atom is 0.0354 e. The summed E-state index contributed by atoms with van der Waals surface area (Å²) in [6.45, 7) is 6.87. The van der Waals surface area contributed by atoms with Crippen LogP contribution in [0.3, 0.4) is 0 Å². The lowest BCUT2D eigenvalue weighted by molar-refractivity contribution is 0.750. The van der Waals surface area contributed by atoms with Gasteiger partial charge in [0.25, 0.3) is 0 Å². The molecule has 0 N–H and O–H groups in total. The molecule has 0 atom stereocenters. The average molecular weight is 407 g/mol. The number of rotatable bonds is 3. The van der Waals surface area contributed by atoms with E-state index in [0.717, 1.165) is 12.8 Å². The topological polar surface area (TPSA) is 0 Å². The number of hydrogen-bond donors (Lipinski definition) is 0. The summed E-state index contributed by atoms with van der Waals surface area (Å²) >= 11 is 1.95. The van der Waals surface area contributed by atoms with Gasteiger partial charge >= 0.3 is 0 Å². The Morgan fingerprint density at radius 2 is 1.50 bits per heavy atom. The number of hydrogen-bond acceptors (Lipinski definition) is 1. The maximum atomic E-state index is 2.48. The van der Waals surface area contributed by atoms with E-state index >= 15 is 0 Å². The van der Waals surface area contributed by atoms with Crippen molar-refractivity contribution >= 4 is 27.0 Å². The van der Waals surface area contributed by atoms with Gasteiger partial charge in [-0.15, -0.1) is 11.3 Å². The van der Waals surface area contributed by atoms with Crippen LogP contribution in [0.25, 0.3) is 26.8 Å². The monoisotopic (exact) mass is 406 g/mol. The van der Waals surface area contributed by atoms with E-state index < -0.39 is 0 Å². The molecule has 0 spiro atoms. The lowest BCUT2D eigenvalue weighted by Gasteiger charge is -2.15. The summed E-state index contributed by atoms with van der Waals surface area (Å²) in [7, 11) is 0. The minimum Gasteiger partial charge on any atom is -0.140 e. The van der Waals surface area contributed by atoms with Crippen LogP contribution in [-0.4, -0.2) is 0 Å². The van der Waals surface area contributed by atoms with Gasteiger partial charge in [-0.05, 0) is 102 Å². The third-order valence-electron chi connectivity index (χ3n) is 7.34. The molecule has 30 heavy (non-hydrogen) atoms. The van der Waals surface area contributed by atoms with Gasteiger partial charge in [0.2, 0.25) is 0 Å². The fourth-order valence-corrected chi connectivity index (χ4v) is 6.78. The average Bonchev–Trinajstić information content (AvgIpc) is 3.34. The van der Waals surface area contributed by atoms with Crippen LogP contribution < -0.4 is 0 Å². The molecule has 0 radical (unpaired) electrons. The van der Waals surface area contributed by atoms with Crippen LogP contribution in [0.1, 0.15) is 58.4 Å². The van der Waals surface area contributed by atoms with Crippen LogP contribution >= 0.6 is 11.3 Å². The highest BCUT2D eigenvalue weighted by Crippen LogP contribution is 2.48. The zero-order valence-corrected chi connectivity index (χ0v) is 18.7. The molecule has 0 unspecified atom stereocenters. The van der Waals surface area contributed by atoms with Crippen molar-refractivity contribution in [1.29, 1.82) is 0 Å². The number of aryl methyl sites for hydroxylation is 2. The number of benzene rings is 3. The summed E-state index contributed by atoms with van der Waals surface area (Å²) in [4.78, 5) is 1.45. The predicted octanol–water partition coefficient (Wildman–Crippen LogP) is 8.44. The highest BCUT2D eigenvalue weighted by molar-refractivity contribution is 7.19. The molecule has 4 aromatic rings. The minimum atomic E-state index is 0.511. The second-order valence-corrected chi connectivity index (χ2v) is 10.2. The molecule has 0 aliphatic heterocycles. The van der Waals surface area contributed by atoms with Gasteiger partial charge in [0.05, 0.1) is 0 Å². The Morgan fingerprint density at radius 1 is 0.833 bits per heavy atom. The molecule has 2 aliphatic carbocycles. The van der Waals surface area contributed by atoms with Gasteiger partial charge in [-0.3, -0.25) is 0 Å². The first-order chi connectivity index (χ1) is 14.6. The minimum absolute atomic E-state index is 0.511. The molecule has 0 saturated carbocycles. The van der Waals surface area contributed by atoms with Crippen molar-refractivity contribution in [1.82, 2.24) is 0 Å². The SMILES string of the molecule is CC1=C(CCC2c3ccccc3-c3ccccc32)c2cc3sc(C)c(C)c3cc2C1. The molecule has 0 saturated heterocycles. The zero-order valence-electron chi connectivity index (χ0n) is 17.9. The second-order valence-electron chi connectivity index (χ2n) is 8.99. The van der Waals surface area contributed by atoms with Crippen molar-refractivity contribution < 1.29 is 0 Å². The summed E-state index contributed by atoms with van der Waals surface area (Å²) in [5, 5.41) is 1.46. The second kappa shape index (κ2) is 6.68. The van der Waals surface area contributed by atoms with Crippen LogP contribution in [-0.2, 0) is 6.42 Å². The van der Waals surface area contributed by atoms with Crippen molar-refractivity contribution in [2.75, 3.05) is 0 Å². The fourth-order valence-electron chi connectivity index (χ4n) is 5.69. The highest BCUT2D eigenvalue weighted by Gasteiger charge is 2.29. The van der Waals surface area contributed by atoms with Crippen molar-refractivity contribution in [3.8, 4) is 11.1 Å². The third-order valence-corrected chi connectivity index (χ3v) is 8.51. The molecule has 148 valence electrons. The van der Waals surface area contributed by atoms with Crippen molar-refractivity contribution in [2.45, 2.75) is 46.0 Å². The molecule has 1 heteroatoms. The molecule has 0 amide bonds.